The number of rotatable bonds is 6. The maximum atomic E-state index is 11.5. The third-order valence-electron chi connectivity index (χ3n) is 2.29. The van der Waals surface area contributed by atoms with Gasteiger partial charge in [-0.25, -0.2) is 0 Å². The standard InChI is InChI=1S/C12H23NO2/c1-10(14)13-9-7-5-6-8-11(15)12(2,3)4/h5-9H2,1-4H3,(H,13,14). The highest BCUT2D eigenvalue weighted by molar-refractivity contribution is 5.83. The topological polar surface area (TPSA) is 46.2 Å². The largest absolute Gasteiger partial charge is 0.356 e. The van der Waals surface area contributed by atoms with Crippen LogP contribution in [0.3, 0.4) is 0 Å². The number of hydrogen-bond acceptors (Lipinski definition) is 2. The fraction of sp³-hybridized carbons (Fsp3) is 0.833. The van der Waals surface area contributed by atoms with Gasteiger partial charge in [0.25, 0.3) is 0 Å². The zero-order chi connectivity index (χ0) is 11.9. The maximum absolute atomic E-state index is 11.5. The van der Waals surface area contributed by atoms with Crippen molar-refractivity contribution in [3.8, 4) is 0 Å². The first-order valence-corrected chi connectivity index (χ1v) is 5.62. The Labute approximate surface area is 92.6 Å². The van der Waals surface area contributed by atoms with Gasteiger partial charge in [-0.2, -0.15) is 0 Å². The molecule has 1 N–H and O–H groups in total. The lowest BCUT2D eigenvalue weighted by atomic mass is 9.88. The predicted octanol–water partition coefficient (Wildman–Crippen LogP) is 2.30. The van der Waals surface area contributed by atoms with Crippen LogP contribution in [0.1, 0.15) is 53.4 Å². The van der Waals surface area contributed by atoms with Crippen LogP contribution in [0.25, 0.3) is 0 Å². The first kappa shape index (κ1) is 14.1. The van der Waals surface area contributed by atoms with E-state index >= 15 is 0 Å². The summed E-state index contributed by atoms with van der Waals surface area (Å²) in [5, 5.41) is 2.74. The van der Waals surface area contributed by atoms with E-state index in [9.17, 15) is 9.59 Å². The van der Waals surface area contributed by atoms with Crippen LogP contribution in [-0.4, -0.2) is 18.2 Å². The zero-order valence-electron chi connectivity index (χ0n) is 10.4. The van der Waals surface area contributed by atoms with E-state index in [0.29, 0.717) is 12.2 Å². The molecule has 0 saturated carbocycles. The van der Waals surface area contributed by atoms with Crippen LogP contribution in [-0.2, 0) is 9.59 Å². The fourth-order valence-electron chi connectivity index (χ4n) is 1.23. The molecule has 0 aliphatic rings. The predicted molar refractivity (Wildman–Crippen MR) is 61.6 cm³/mol. The van der Waals surface area contributed by atoms with Gasteiger partial charge in [0.1, 0.15) is 5.78 Å². The van der Waals surface area contributed by atoms with Crippen molar-refractivity contribution >= 4 is 11.7 Å². The molecule has 0 fully saturated rings. The molecule has 0 spiro atoms. The highest BCUT2D eigenvalue weighted by atomic mass is 16.1. The minimum Gasteiger partial charge on any atom is -0.356 e. The van der Waals surface area contributed by atoms with E-state index in [-0.39, 0.29) is 11.3 Å². The Balaban J connectivity index is 3.40. The van der Waals surface area contributed by atoms with Gasteiger partial charge in [0.05, 0.1) is 0 Å². The number of nitrogens with one attached hydrogen (secondary N) is 1. The molecule has 0 aromatic heterocycles. The lowest BCUT2D eigenvalue weighted by Gasteiger charge is -2.16. The van der Waals surface area contributed by atoms with E-state index in [1.165, 1.54) is 6.92 Å². The molecule has 0 unspecified atom stereocenters. The number of amides is 1. The number of hydrogen-bond donors (Lipinski definition) is 1. The molecule has 0 rings (SSSR count). The van der Waals surface area contributed by atoms with Crippen LogP contribution in [0, 0.1) is 5.41 Å². The van der Waals surface area contributed by atoms with Crippen LogP contribution in [0.5, 0.6) is 0 Å². The van der Waals surface area contributed by atoms with Gasteiger partial charge < -0.3 is 5.32 Å². The summed E-state index contributed by atoms with van der Waals surface area (Å²) in [6.07, 6.45) is 3.54. The van der Waals surface area contributed by atoms with Gasteiger partial charge in [-0.05, 0) is 12.8 Å². The maximum Gasteiger partial charge on any atom is 0.216 e. The first-order valence-electron chi connectivity index (χ1n) is 5.62. The molecular weight excluding hydrogens is 190 g/mol. The smallest absolute Gasteiger partial charge is 0.216 e. The van der Waals surface area contributed by atoms with E-state index in [1.807, 2.05) is 20.8 Å². The second-order valence-electron chi connectivity index (χ2n) is 4.97. The minimum absolute atomic E-state index is 0.0146. The van der Waals surface area contributed by atoms with Crippen LogP contribution in [0.2, 0.25) is 0 Å². The lowest BCUT2D eigenvalue weighted by Crippen LogP contribution is -2.21. The van der Waals surface area contributed by atoms with Gasteiger partial charge in [0.2, 0.25) is 5.91 Å². The van der Waals surface area contributed by atoms with Gasteiger partial charge in [-0.1, -0.05) is 27.2 Å². The monoisotopic (exact) mass is 213 g/mol. The molecule has 1 amide bonds. The Kier molecular flexibility index (Phi) is 6.21. The molecule has 0 aromatic rings. The van der Waals surface area contributed by atoms with Crippen molar-refractivity contribution in [3.05, 3.63) is 0 Å². The van der Waals surface area contributed by atoms with Crippen molar-refractivity contribution in [3.63, 3.8) is 0 Å². The highest BCUT2D eigenvalue weighted by Crippen LogP contribution is 2.18. The summed E-state index contributed by atoms with van der Waals surface area (Å²) in [5.41, 5.74) is -0.211. The lowest BCUT2D eigenvalue weighted by molar-refractivity contribution is -0.126. The number of unbranched alkanes of at least 4 members (excludes halogenated alkanes) is 2. The van der Waals surface area contributed by atoms with Crippen LogP contribution in [0.4, 0.5) is 0 Å². The third-order valence-corrected chi connectivity index (χ3v) is 2.29. The van der Waals surface area contributed by atoms with Crippen molar-refractivity contribution < 1.29 is 9.59 Å². The summed E-state index contributed by atoms with van der Waals surface area (Å²) in [6, 6.07) is 0. The minimum atomic E-state index is -0.211. The summed E-state index contributed by atoms with van der Waals surface area (Å²) in [4.78, 5) is 22.1. The molecule has 88 valence electrons. The molecule has 3 heteroatoms. The second kappa shape index (κ2) is 6.59. The number of carbonyl (C=O) groups is 2. The molecule has 0 aromatic carbocycles. The molecule has 0 aliphatic carbocycles. The van der Waals surface area contributed by atoms with Gasteiger partial charge in [0, 0.05) is 25.3 Å². The van der Waals surface area contributed by atoms with E-state index in [2.05, 4.69) is 5.32 Å². The molecular formula is C12H23NO2. The Morgan fingerprint density at radius 2 is 1.67 bits per heavy atom. The van der Waals surface area contributed by atoms with Crippen molar-refractivity contribution in [2.24, 2.45) is 5.41 Å². The van der Waals surface area contributed by atoms with Crippen LogP contribution >= 0.6 is 0 Å². The van der Waals surface area contributed by atoms with Gasteiger partial charge in [0.15, 0.2) is 0 Å². The Morgan fingerprint density at radius 1 is 1.07 bits per heavy atom. The van der Waals surface area contributed by atoms with Gasteiger partial charge >= 0.3 is 0 Å². The summed E-state index contributed by atoms with van der Waals surface area (Å²) in [6.45, 7) is 8.09. The van der Waals surface area contributed by atoms with E-state index in [4.69, 9.17) is 0 Å². The molecule has 0 radical (unpaired) electrons. The molecule has 0 bridgehead atoms. The second-order valence-corrected chi connectivity index (χ2v) is 4.97. The fourth-order valence-corrected chi connectivity index (χ4v) is 1.23. The summed E-state index contributed by atoms with van der Waals surface area (Å²) >= 11 is 0. The van der Waals surface area contributed by atoms with E-state index in [0.717, 1.165) is 25.8 Å². The van der Waals surface area contributed by atoms with Crippen molar-refractivity contribution in [1.82, 2.24) is 5.32 Å². The molecule has 15 heavy (non-hydrogen) atoms. The third kappa shape index (κ3) is 8.16. The Hall–Kier alpha value is -0.860. The summed E-state index contributed by atoms with van der Waals surface area (Å²) in [5.74, 6) is 0.336. The number of ketones is 1. The van der Waals surface area contributed by atoms with Crippen LogP contribution < -0.4 is 5.32 Å². The van der Waals surface area contributed by atoms with Crippen molar-refractivity contribution in [2.75, 3.05) is 6.54 Å². The number of carbonyl (C=O) groups excluding carboxylic acids is 2. The van der Waals surface area contributed by atoms with E-state index < -0.39 is 0 Å². The molecule has 0 atom stereocenters. The quantitative estimate of drug-likeness (QED) is 0.688. The van der Waals surface area contributed by atoms with Crippen LogP contribution in [0.15, 0.2) is 0 Å². The first-order chi connectivity index (χ1) is 6.84. The van der Waals surface area contributed by atoms with E-state index in [1.54, 1.807) is 0 Å². The SMILES string of the molecule is CC(=O)NCCCCCC(=O)C(C)(C)C. The molecule has 3 nitrogen and oxygen atoms in total. The van der Waals surface area contributed by atoms with Crippen molar-refractivity contribution in [1.29, 1.82) is 0 Å². The Bertz CT molecular complexity index is 216. The molecule has 0 saturated heterocycles. The number of Topliss-reactive ketones (excluding diaryl/α,β-unsaturated/α-hetero) is 1. The summed E-state index contributed by atoms with van der Waals surface area (Å²) in [7, 11) is 0. The average molecular weight is 213 g/mol. The molecule has 0 aliphatic heterocycles. The van der Waals surface area contributed by atoms with Gasteiger partial charge in [-0.15, -0.1) is 0 Å². The normalized spacial score (nSPS) is 11.2. The van der Waals surface area contributed by atoms with Crippen molar-refractivity contribution in [2.45, 2.75) is 53.4 Å². The average Bonchev–Trinajstić information content (AvgIpc) is 2.08. The highest BCUT2D eigenvalue weighted by Gasteiger charge is 2.19. The summed E-state index contributed by atoms with van der Waals surface area (Å²) < 4.78 is 0. The zero-order valence-corrected chi connectivity index (χ0v) is 10.4. The molecule has 0 heterocycles. The van der Waals surface area contributed by atoms with Gasteiger partial charge in [-0.3, -0.25) is 9.59 Å². The Morgan fingerprint density at radius 3 is 2.13 bits per heavy atom.